The van der Waals surface area contributed by atoms with Crippen molar-refractivity contribution in [2.75, 3.05) is 6.54 Å². The van der Waals surface area contributed by atoms with Gasteiger partial charge in [0.05, 0.1) is 0 Å². The average molecular weight is 240 g/mol. The van der Waals surface area contributed by atoms with Gasteiger partial charge < -0.3 is 5.32 Å². The van der Waals surface area contributed by atoms with E-state index in [9.17, 15) is 0 Å². The molecule has 1 rings (SSSR count). The van der Waals surface area contributed by atoms with E-state index in [4.69, 9.17) is 5.84 Å². The minimum absolute atomic E-state index is 0.538. The van der Waals surface area contributed by atoms with E-state index in [0.29, 0.717) is 6.04 Å². The van der Waals surface area contributed by atoms with Crippen molar-refractivity contribution in [3.8, 4) is 0 Å². The van der Waals surface area contributed by atoms with E-state index >= 15 is 0 Å². The summed E-state index contributed by atoms with van der Waals surface area (Å²) in [5.74, 6) is 7.13. The van der Waals surface area contributed by atoms with E-state index in [2.05, 4.69) is 29.6 Å². The van der Waals surface area contributed by atoms with Crippen LogP contribution in [-0.2, 0) is 0 Å². The van der Waals surface area contributed by atoms with Gasteiger partial charge in [0.2, 0.25) is 5.96 Å². The van der Waals surface area contributed by atoms with E-state index in [-0.39, 0.29) is 0 Å². The number of unbranched alkanes of at least 4 members (excludes halogenated alkanes) is 1. The molecule has 0 bridgehead atoms. The highest BCUT2D eigenvalue weighted by atomic mass is 15.3. The summed E-state index contributed by atoms with van der Waals surface area (Å²) in [5, 5.41) is 3.44. The Balaban J connectivity index is 2.36. The van der Waals surface area contributed by atoms with Gasteiger partial charge in [-0.1, -0.05) is 33.1 Å². The molecule has 0 amide bonds. The summed E-state index contributed by atoms with van der Waals surface area (Å²) in [5.41, 5.74) is 2.68. The van der Waals surface area contributed by atoms with Gasteiger partial charge in [-0.15, -0.1) is 0 Å². The maximum atomic E-state index is 5.50. The molecule has 4 nitrogen and oxygen atoms in total. The predicted molar refractivity (Wildman–Crippen MR) is 73.7 cm³/mol. The lowest BCUT2D eigenvalue weighted by Gasteiger charge is -2.18. The van der Waals surface area contributed by atoms with Gasteiger partial charge in [0.1, 0.15) is 0 Å². The minimum atomic E-state index is 0.538. The molecule has 100 valence electrons. The van der Waals surface area contributed by atoms with E-state index < -0.39 is 0 Å². The van der Waals surface area contributed by atoms with Crippen LogP contribution in [0.5, 0.6) is 0 Å². The van der Waals surface area contributed by atoms with Crippen molar-refractivity contribution in [3.63, 3.8) is 0 Å². The van der Waals surface area contributed by atoms with Gasteiger partial charge in [0.25, 0.3) is 0 Å². The lowest BCUT2D eigenvalue weighted by Crippen LogP contribution is -2.46. The highest BCUT2D eigenvalue weighted by Gasteiger charge is 2.16. The molecule has 0 saturated heterocycles. The monoisotopic (exact) mass is 240 g/mol. The first-order valence-corrected chi connectivity index (χ1v) is 7.03. The molecule has 0 aromatic carbocycles. The smallest absolute Gasteiger partial charge is 0.205 e. The number of aliphatic imine (C=N–C) groups is 1. The molecule has 1 fully saturated rings. The van der Waals surface area contributed by atoms with Crippen LogP contribution in [0.15, 0.2) is 4.99 Å². The molecular formula is C13H28N4. The van der Waals surface area contributed by atoms with Crippen LogP contribution in [0.3, 0.4) is 0 Å². The molecule has 0 aromatic rings. The highest BCUT2D eigenvalue weighted by molar-refractivity contribution is 5.79. The summed E-state index contributed by atoms with van der Waals surface area (Å²) in [6.45, 7) is 5.37. The molecule has 1 aliphatic rings. The molecule has 17 heavy (non-hydrogen) atoms. The Kier molecular flexibility index (Phi) is 7.01. The van der Waals surface area contributed by atoms with Crippen LogP contribution in [0.2, 0.25) is 0 Å². The van der Waals surface area contributed by atoms with E-state index in [1.165, 1.54) is 38.5 Å². The third-order valence-electron chi connectivity index (χ3n) is 3.52. The zero-order valence-electron chi connectivity index (χ0n) is 11.3. The van der Waals surface area contributed by atoms with Gasteiger partial charge in [-0.3, -0.25) is 10.4 Å². The van der Waals surface area contributed by atoms with Crippen molar-refractivity contribution in [1.82, 2.24) is 10.7 Å². The third-order valence-corrected chi connectivity index (χ3v) is 3.52. The number of guanidine groups is 1. The summed E-state index contributed by atoms with van der Waals surface area (Å²) in [4.78, 5) is 4.45. The topological polar surface area (TPSA) is 62.4 Å². The largest absolute Gasteiger partial charge is 0.353 e. The molecule has 0 spiro atoms. The number of nitrogens with zero attached hydrogens (tertiary/aromatic N) is 1. The quantitative estimate of drug-likeness (QED) is 0.176. The minimum Gasteiger partial charge on any atom is -0.353 e. The number of hydrogen-bond acceptors (Lipinski definition) is 2. The first-order chi connectivity index (χ1) is 8.26. The fourth-order valence-electron chi connectivity index (χ4n) is 2.31. The zero-order chi connectivity index (χ0) is 12.5. The van der Waals surface area contributed by atoms with Crippen LogP contribution in [-0.4, -0.2) is 18.5 Å². The van der Waals surface area contributed by atoms with Crippen LogP contribution in [0.1, 0.15) is 58.8 Å². The Morgan fingerprint density at radius 1 is 1.29 bits per heavy atom. The Labute approximate surface area is 105 Å². The fourth-order valence-corrected chi connectivity index (χ4v) is 2.31. The Morgan fingerprint density at radius 2 is 2.12 bits per heavy atom. The van der Waals surface area contributed by atoms with Crippen molar-refractivity contribution in [2.45, 2.75) is 64.8 Å². The second kappa shape index (κ2) is 8.34. The molecule has 2 unspecified atom stereocenters. The first kappa shape index (κ1) is 14.3. The lowest BCUT2D eigenvalue weighted by atomic mass is 10.0. The number of hydrogen-bond donors (Lipinski definition) is 3. The van der Waals surface area contributed by atoms with Crippen molar-refractivity contribution in [2.24, 2.45) is 16.8 Å². The average Bonchev–Trinajstić information content (AvgIpc) is 2.53. The molecule has 0 aliphatic heterocycles. The van der Waals surface area contributed by atoms with E-state index in [0.717, 1.165) is 24.8 Å². The molecule has 0 heterocycles. The highest BCUT2D eigenvalue weighted by Crippen LogP contribution is 2.22. The van der Waals surface area contributed by atoms with Crippen molar-refractivity contribution < 1.29 is 0 Å². The normalized spacial score (nSPS) is 26.4. The number of rotatable bonds is 4. The number of nitrogens with one attached hydrogen (secondary N) is 2. The summed E-state index contributed by atoms with van der Waals surface area (Å²) < 4.78 is 0. The van der Waals surface area contributed by atoms with Gasteiger partial charge in [-0.2, -0.15) is 0 Å². The van der Waals surface area contributed by atoms with Crippen LogP contribution < -0.4 is 16.6 Å². The van der Waals surface area contributed by atoms with Crippen LogP contribution in [0, 0.1) is 5.92 Å². The standard InChI is InChI=1S/C13H28N4/c1-3-4-10-15-13(17-14)16-12-7-5-6-11(2)8-9-12/h11-12H,3-10,14H2,1-2H3,(H2,15,16,17). The second-order valence-electron chi connectivity index (χ2n) is 5.18. The van der Waals surface area contributed by atoms with Gasteiger partial charge in [0.15, 0.2) is 0 Å². The van der Waals surface area contributed by atoms with Gasteiger partial charge >= 0.3 is 0 Å². The summed E-state index contributed by atoms with van der Waals surface area (Å²) >= 11 is 0. The van der Waals surface area contributed by atoms with Gasteiger partial charge in [-0.05, 0) is 31.6 Å². The van der Waals surface area contributed by atoms with Crippen molar-refractivity contribution >= 4 is 5.96 Å². The molecule has 0 radical (unpaired) electrons. The molecule has 2 atom stereocenters. The predicted octanol–water partition coefficient (Wildman–Crippen LogP) is 2.16. The fraction of sp³-hybridized carbons (Fsp3) is 0.923. The maximum absolute atomic E-state index is 5.50. The van der Waals surface area contributed by atoms with Gasteiger partial charge in [0, 0.05) is 12.6 Å². The SMILES string of the molecule is CCCCN=C(NN)NC1CCCC(C)CC1. The number of nitrogens with two attached hydrogens (primary N) is 1. The molecule has 0 aromatic heterocycles. The molecular weight excluding hydrogens is 212 g/mol. The number of hydrazine groups is 1. The summed E-state index contributed by atoms with van der Waals surface area (Å²) in [6.07, 6.45) is 8.73. The maximum Gasteiger partial charge on any atom is 0.205 e. The lowest BCUT2D eigenvalue weighted by molar-refractivity contribution is 0.487. The van der Waals surface area contributed by atoms with Crippen molar-refractivity contribution in [1.29, 1.82) is 0 Å². The van der Waals surface area contributed by atoms with Crippen LogP contribution in [0.25, 0.3) is 0 Å². The third kappa shape index (κ3) is 5.91. The Hall–Kier alpha value is -0.770. The summed E-state index contributed by atoms with van der Waals surface area (Å²) in [6, 6.07) is 0.538. The van der Waals surface area contributed by atoms with Gasteiger partial charge in [-0.25, -0.2) is 5.84 Å². The molecule has 4 heteroatoms. The van der Waals surface area contributed by atoms with E-state index in [1.54, 1.807) is 0 Å². The van der Waals surface area contributed by atoms with Crippen LogP contribution in [0.4, 0.5) is 0 Å². The van der Waals surface area contributed by atoms with Crippen LogP contribution >= 0.6 is 0 Å². The Bertz CT molecular complexity index is 227. The molecule has 1 aliphatic carbocycles. The summed E-state index contributed by atoms with van der Waals surface area (Å²) in [7, 11) is 0. The zero-order valence-corrected chi connectivity index (χ0v) is 11.3. The first-order valence-electron chi connectivity index (χ1n) is 7.03. The molecule has 4 N–H and O–H groups in total. The van der Waals surface area contributed by atoms with Crippen molar-refractivity contribution in [3.05, 3.63) is 0 Å². The molecule has 1 saturated carbocycles. The Morgan fingerprint density at radius 3 is 2.82 bits per heavy atom. The second-order valence-corrected chi connectivity index (χ2v) is 5.18. The van der Waals surface area contributed by atoms with E-state index in [1.807, 2.05) is 0 Å².